The third kappa shape index (κ3) is 3.71. The van der Waals surface area contributed by atoms with Crippen molar-refractivity contribution in [3.05, 3.63) is 24.3 Å². The van der Waals surface area contributed by atoms with Gasteiger partial charge >= 0.3 is 0 Å². The van der Waals surface area contributed by atoms with Crippen LogP contribution in [-0.4, -0.2) is 37.7 Å². The Morgan fingerprint density at radius 3 is 2.77 bits per heavy atom. The standard InChI is InChI=1S/C17H27N3O2/c1-3-17(4-2)13-20(12-9-16(21)19-11-10-18)14-7-5-6-8-15(14)22-17/h5-8H,3-4,9-13,18H2,1-2H3,(H,19,21). The maximum Gasteiger partial charge on any atom is 0.221 e. The van der Waals surface area contributed by atoms with Gasteiger partial charge in [-0.2, -0.15) is 0 Å². The van der Waals surface area contributed by atoms with E-state index in [1.165, 1.54) is 0 Å². The molecular weight excluding hydrogens is 278 g/mol. The molecule has 122 valence electrons. The number of benzene rings is 1. The zero-order chi connectivity index (χ0) is 16.0. The first-order valence-electron chi connectivity index (χ1n) is 8.14. The molecule has 5 nitrogen and oxygen atoms in total. The van der Waals surface area contributed by atoms with Gasteiger partial charge in [-0.15, -0.1) is 0 Å². The van der Waals surface area contributed by atoms with Crippen LogP contribution in [0.4, 0.5) is 5.69 Å². The molecule has 0 saturated carbocycles. The van der Waals surface area contributed by atoms with E-state index in [1.807, 2.05) is 18.2 Å². The highest BCUT2D eigenvalue weighted by molar-refractivity contribution is 5.76. The van der Waals surface area contributed by atoms with Crippen LogP contribution in [0.5, 0.6) is 5.75 Å². The number of nitrogens with two attached hydrogens (primary N) is 1. The molecule has 3 N–H and O–H groups in total. The Bertz CT molecular complexity index is 500. The number of carbonyl (C=O) groups is 1. The van der Waals surface area contributed by atoms with Crippen LogP contribution in [0.1, 0.15) is 33.1 Å². The van der Waals surface area contributed by atoms with Gasteiger partial charge in [0, 0.05) is 26.1 Å². The van der Waals surface area contributed by atoms with Crippen LogP contribution in [0.15, 0.2) is 24.3 Å². The highest BCUT2D eigenvalue weighted by atomic mass is 16.5. The summed E-state index contributed by atoms with van der Waals surface area (Å²) >= 11 is 0. The molecule has 0 aliphatic carbocycles. The SMILES string of the molecule is CCC1(CC)CN(CCC(=O)NCCN)c2ccccc2O1. The van der Waals surface area contributed by atoms with E-state index in [0.29, 0.717) is 26.1 Å². The first-order valence-corrected chi connectivity index (χ1v) is 8.14. The van der Waals surface area contributed by atoms with Crippen molar-refractivity contribution < 1.29 is 9.53 Å². The zero-order valence-corrected chi connectivity index (χ0v) is 13.6. The molecule has 1 aliphatic heterocycles. The Morgan fingerprint density at radius 1 is 1.36 bits per heavy atom. The van der Waals surface area contributed by atoms with Crippen molar-refractivity contribution in [2.75, 3.05) is 31.1 Å². The largest absolute Gasteiger partial charge is 0.483 e. The number of para-hydroxylation sites is 2. The number of nitrogens with one attached hydrogen (secondary N) is 1. The number of fused-ring (bicyclic) bond motifs is 1. The number of ether oxygens (including phenoxy) is 1. The summed E-state index contributed by atoms with van der Waals surface area (Å²) in [5.41, 5.74) is 6.32. The molecule has 2 rings (SSSR count). The Morgan fingerprint density at radius 2 is 2.09 bits per heavy atom. The van der Waals surface area contributed by atoms with E-state index in [0.717, 1.165) is 30.8 Å². The molecule has 1 amide bonds. The monoisotopic (exact) mass is 305 g/mol. The van der Waals surface area contributed by atoms with E-state index in [9.17, 15) is 4.79 Å². The summed E-state index contributed by atoms with van der Waals surface area (Å²) in [6.07, 6.45) is 2.37. The van der Waals surface area contributed by atoms with Crippen LogP contribution in [0.25, 0.3) is 0 Å². The second kappa shape index (κ2) is 7.49. The Hall–Kier alpha value is -1.75. The second-order valence-electron chi connectivity index (χ2n) is 5.77. The Balaban J connectivity index is 2.10. The minimum atomic E-state index is -0.165. The van der Waals surface area contributed by atoms with Crippen molar-refractivity contribution in [1.82, 2.24) is 5.32 Å². The number of hydrogen-bond donors (Lipinski definition) is 2. The smallest absolute Gasteiger partial charge is 0.221 e. The zero-order valence-electron chi connectivity index (χ0n) is 13.6. The average molecular weight is 305 g/mol. The van der Waals surface area contributed by atoms with Gasteiger partial charge < -0.3 is 20.7 Å². The molecule has 0 radical (unpaired) electrons. The normalized spacial score (nSPS) is 15.9. The predicted octanol–water partition coefficient (Wildman–Crippen LogP) is 1.91. The molecule has 1 heterocycles. The van der Waals surface area contributed by atoms with Crippen LogP contribution in [0, 0.1) is 0 Å². The number of amides is 1. The number of anilines is 1. The lowest BCUT2D eigenvalue weighted by Crippen LogP contribution is -2.51. The summed E-state index contributed by atoms with van der Waals surface area (Å²) in [6, 6.07) is 8.07. The molecule has 1 aliphatic rings. The Labute approximate surface area is 132 Å². The summed E-state index contributed by atoms with van der Waals surface area (Å²) in [5.74, 6) is 0.966. The predicted molar refractivity (Wildman–Crippen MR) is 89.3 cm³/mol. The fraction of sp³-hybridized carbons (Fsp3) is 0.588. The van der Waals surface area contributed by atoms with Gasteiger partial charge in [0.15, 0.2) is 0 Å². The van der Waals surface area contributed by atoms with Crippen LogP contribution < -0.4 is 20.7 Å². The van der Waals surface area contributed by atoms with Gasteiger partial charge in [-0.1, -0.05) is 26.0 Å². The van der Waals surface area contributed by atoms with Crippen molar-refractivity contribution in [3.8, 4) is 5.75 Å². The van der Waals surface area contributed by atoms with Crippen molar-refractivity contribution in [3.63, 3.8) is 0 Å². The van der Waals surface area contributed by atoms with Gasteiger partial charge in [-0.3, -0.25) is 4.79 Å². The average Bonchev–Trinajstić information content (AvgIpc) is 2.57. The number of hydrogen-bond acceptors (Lipinski definition) is 4. The maximum atomic E-state index is 11.8. The lowest BCUT2D eigenvalue weighted by Gasteiger charge is -2.44. The molecular formula is C17H27N3O2. The minimum Gasteiger partial charge on any atom is -0.483 e. The Kier molecular flexibility index (Phi) is 5.66. The van der Waals surface area contributed by atoms with Crippen LogP contribution in [0.2, 0.25) is 0 Å². The molecule has 0 atom stereocenters. The summed E-state index contributed by atoms with van der Waals surface area (Å²) in [6.45, 7) is 6.83. The molecule has 0 spiro atoms. The van der Waals surface area contributed by atoms with E-state index in [4.69, 9.17) is 10.5 Å². The van der Waals surface area contributed by atoms with Crippen molar-refractivity contribution in [2.45, 2.75) is 38.7 Å². The second-order valence-corrected chi connectivity index (χ2v) is 5.77. The van der Waals surface area contributed by atoms with Crippen LogP contribution >= 0.6 is 0 Å². The third-order valence-corrected chi connectivity index (χ3v) is 4.38. The van der Waals surface area contributed by atoms with Crippen molar-refractivity contribution in [1.29, 1.82) is 0 Å². The lowest BCUT2D eigenvalue weighted by molar-refractivity contribution is -0.120. The fourth-order valence-corrected chi connectivity index (χ4v) is 2.86. The molecule has 0 saturated heterocycles. The first-order chi connectivity index (χ1) is 10.6. The number of nitrogens with zero attached hydrogens (tertiary/aromatic N) is 1. The van der Waals surface area contributed by atoms with Crippen molar-refractivity contribution in [2.24, 2.45) is 5.73 Å². The third-order valence-electron chi connectivity index (χ3n) is 4.38. The number of rotatable bonds is 7. The summed E-state index contributed by atoms with van der Waals surface area (Å²) in [5, 5.41) is 2.82. The molecule has 22 heavy (non-hydrogen) atoms. The first kappa shape index (κ1) is 16.6. The topological polar surface area (TPSA) is 67.6 Å². The highest BCUT2D eigenvalue weighted by Crippen LogP contribution is 2.39. The van der Waals surface area contributed by atoms with Gasteiger partial charge in [0.2, 0.25) is 5.91 Å². The van der Waals surface area contributed by atoms with Gasteiger partial charge in [-0.25, -0.2) is 0 Å². The van der Waals surface area contributed by atoms with Gasteiger partial charge in [0.1, 0.15) is 11.4 Å². The van der Waals surface area contributed by atoms with E-state index < -0.39 is 0 Å². The van der Waals surface area contributed by atoms with E-state index in [2.05, 4.69) is 30.1 Å². The molecule has 0 bridgehead atoms. The molecule has 0 fully saturated rings. The van der Waals surface area contributed by atoms with Gasteiger partial charge in [0.25, 0.3) is 0 Å². The summed E-state index contributed by atoms with van der Waals surface area (Å²) in [7, 11) is 0. The van der Waals surface area contributed by atoms with Crippen LogP contribution in [-0.2, 0) is 4.79 Å². The molecule has 0 unspecified atom stereocenters. The molecule has 1 aromatic carbocycles. The van der Waals surface area contributed by atoms with E-state index in [-0.39, 0.29) is 11.5 Å². The van der Waals surface area contributed by atoms with Gasteiger partial charge in [0.05, 0.1) is 12.2 Å². The van der Waals surface area contributed by atoms with E-state index >= 15 is 0 Å². The molecule has 1 aromatic rings. The fourth-order valence-electron chi connectivity index (χ4n) is 2.86. The minimum absolute atomic E-state index is 0.0491. The quantitative estimate of drug-likeness (QED) is 0.807. The summed E-state index contributed by atoms with van der Waals surface area (Å²) in [4.78, 5) is 14.1. The van der Waals surface area contributed by atoms with Gasteiger partial charge in [-0.05, 0) is 25.0 Å². The van der Waals surface area contributed by atoms with Crippen molar-refractivity contribution >= 4 is 11.6 Å². The number of carbonyl (C=O) groups excluding carboxylic acids is 1. The lowest BCUT2D eigenvalue weighted by atomic mass is 9.94. The van der Waals surface area contributed by atoms with E-state index in [1.54, 1.807) is 0 Å². The van der Waals surface area contributed by atoms with Crippen LogP contribution in [0.3, 0.4) is 0 Å². The molecule has 0 aromatic heterocycles. The maximum absolute atomic E-state index is 11.8. The summed E-state index contributed by atoms with van der Waals surface area (Å²) < 4.78 is 6.26. The highest BCUT2D eigenvalue weighted by Gasteiger charge is 2.36. The molecule has 5 heteroatoms.